The van der Waals surface area contributed by atoms with E-state index in [0.717, 1.165) is 16.7 Å². The van der Waals surface area contributed by atoms with Crippen LogP contribution in [0.4, 0.5) is 0 Å². The van der Waals surface area contributed by atoms with Crippen LogP contribution in [0.3, 0.4) is 0 Å². The topological polar surface area (TPSA) is 82.9 Å². The summed E-state index contributed by atoms with van der Waals surface area (Å²) in [5.41, 5.74) is 2.34. The number of phenolic OH excluding ortho intramolecular Hbond substituents is 1. The van der Waals surface area contributed by atoms with Crippen molar-refractivity contribution in [3.8, 4) is 23.2 Å². The summed E-state index contributed by atoms with van der Waals surface area (Å²) in [5.74, 6) is 1.22. The molecule has 18 heavy (non-hydrogen) atoms. The van der Waals surface area contributed by atoms with Gasteiger partial charge in [-0.25, -0.2) is 0 Å². The second-order valence-electron chi connectivity index (χ2n) is 4.13. The van der Waals surface area contributed by atoms with Crippen molar-refractivity contribution in [3.63, 3.8) is 0 Å². The highest BCUT2D eigenvalue weighted by molar-refractivity contribution is 5.60. The lowest BCUT2D eigenvalue weighted by Crippen LogP contribution is -1.87. The SMILES string of the molecule is Cc1cc(-c2noc(CCC#N)n2)cc(C)c1O. The molecule has 0 fully saturated rings. The third kappa shape index (κ3) is 2.33. The molecular weight excluding hydrogens is 230 g/mol. The summed E-state index contributed by atoms with van der Waals surface area (Å²) in [6.45, 7) is 3.64. The molecule has 0 atom stereocenters. The van der Waals surface area contributed by atoms with Crippen molar-refractivity contribution in [2.75, 3.05) is 0 Å². The number of aryl methyl sites for hydroxylation is 3. The Morgan fingerprint density at radius 3 is 2.61 bits per heavy atom. The number of aromatic nitrogens is 2. The number of aromatic hydroxyl groups is 1. The van der Waals surface area contributed by atoms with Crippen LogP contribution in [-0.2, 0) is 6.42 Å². The zero-order valence-corrected chi connectivity index (χ0v) is 10.3. The first-order valence-corrected chi connectivity index (χ1v) is 5.62. The average molecular weight is 243 g/mol. The number of nitrogens with zero attached hydrogens (tertiary/aromatic N) is 3. The van der Waals surface area contributed by atoms with Gasteiger partial charge in [0.2, 0.25) is 11.7 Å². The van der Waals surface area contributed by atoms with Gasteiger partial charge in [-0.1, -0.05) is 5.16 Å². The van der Waals surface area contributed by atoms with Crippen LogP contribution in [0.5, 0.6) is 5.75 Å². The fourth-order valence-corrected chi connectivity index (χ4v) is 1.72. The van der Waals surface area contributed by atoms with Crippen molar-refractivity contribution in [1.29, 1.82) is 5.26 Å². The molecule has 0 spiro atoms. The zero-order valence-electron chi connectivity index (χ0n) is 10.3. The van der Waals surface area contributed by atoms with Gasteiger partial charge < -0.3 is 9.63 Å². The Kier molecular flexibility index (Phi) is 3.28. The van der Waals surface area contributed by atoms with Crippen LogP contribution < -0.4 is 0 Å². The van der Waals surface area contributed by atoms with Crippen LogP contribution >= 0.6 is 0 Å². The molecular formula is C13H13N3O2. The molecule has 1 N–H and O–H groups in total. The molecule has 0 aliphatic rings. The molecule has 92 valence electrons. The van der Waals surface area contributed by atoms with Crippen LogP contribution in [0.1, 0.15) is 23.4 Å². The zero-order chi connectivity index (χ0) is 13.1. The molecule has 0 bridgehead atoms. The number of phenols is 1. The van der Waals surface area contributed by atoms with E-state index in [2.05, 4.69) is 10.1 Å². The maximum Gasteiger partial charge on any atom is 0.227 e. The highest BCUT2D eigenvalue weighted by atomic mass is 16.5. The van der Waals surface area contributed by atoms with Crippen LogP contribution in [0.15, 0.2) is 16.7 Å². The molecule has 0 amide bonds. The molecule has 1 aromatic heterocycles. The van der Waals surface area contributed by atoms with Gasteiger partial charge in [0.1, 0.15) is 5.75 Å². The highest BCUT2D eigenvalue weighted by Gasteiger charge is 2.11. The summed E-state index contributed by atoms with van der Waals surface area (Å²) in [5, 5.41) is 22.1. The fourth-order valence-electron chi connectivity index (χ4n) is 1.72. The van der Waals surface area contributed by atoms with E-state index in [1.54, 1.807) is 12.1 Å². The first-order valence-electron chi connectivity index (χ1n) is 5.62. The molecule has 5 heteroatoms. The maximum absolute atomic E-state index is 9.70. The summed E-state index contributed by atoms with van der Waals surface area (Å²) >= 11 is 0. The van der Waals surface area contributed by atoms with E-state index in [0.29, 0.717) is 24.6 Å². The van der Waals surface area contributed by atoms with Crippen LogP contribution in [0, 0.1) is 25.2 Å². The molecule has 2 aromatic rings. The minimum absolute atomic E-state index is 0.284. The highest BCUT2D eigenvalue weighted by Crippen LogP contribution is 2.27. The Labute approximate surface area is 105 Å². The number of nitriles is 1. The predicted molar refractivity (Wildman–Crippen MR) is 64.8 cm³/mol. The van der Waals surface area contributed by atoms with Crippen LogP contribution in [0.25, 0.3) is 11.4 Å². The van der Waals surface area contributed by atoms with E-state index in [1.165, 1.54) is 0 Å². The van der Waals surface area contributed by atoms with Gasteiger partial charge in [-0.2, -0.15) is 10.2 Å². The van der Waals surface area contributed by atoms with E-state index in [1.807, 2.05) is 19.9 Å². The number of rotatable bonds is 3. The van der Waals surface area contributed by atoms with E-state index in [-0.39, 0.29) is 5.75 Å². The monoisotopic (exact) mass is 243 g/mol. The largest absolute Gasteiger partial charge is 0.507 e. The molecule has 0 saturated carbocycles. The van der Waals surface area contributed by atoms with Crippen LogP contribution in [-0.4, -0.2) is 15.2 Å². The van der Waals surface area contributed by atoms with E-state index >= 15 is 0 Å². The van der Waals surface area contributed by atoms with Crippen LogP contribution in [0.2, 0.25) is 0 Å². The first-order chi connectivity index (χ1) is 8.61. The standard InChI is InChI=1S/C13H13N3O2/c1-8-6-10(7-9(2)12(8)17)13-15-11(18-16-13)4-3-5-14/h6-7,17H,3-4H2,1-2H3. The van der Waals surface area contributed by atoms with E-state index in [4.69, 9.17) is 9.78 Å². The molecule has 1 heterocycles. The van der Waals surface area contributed by atoms with Crippen molar-refractivity contribution < 1.29 is 9.63 Å². The van der Waals surface area contributed by atoms with Crippen molar-refractivity contribution in [2.45, 2.75) is 26.7 Å². The Balaban J connectivity index is 2.32. The van der Waals surface area contributed by atoms with Gasteiger partial charge in [-0.15, -0.1) is 0 Å². The summed E-state index contributed by atoms with van der Waals surface area (Å²) in [7, 11) is 0. The lowest BCUT2D eigenvalue weighted by Gasteiger charge is -2.04. The van der Waals surface area contributed by atoms with E-state index < -0.39 is 0 Å². The van der Waals surface area contributed by atoms with Crippen molar-refractivity contribution in [3.05, 3.63) is 29.2 Å². The first kappa shape index (κ1) is 12.1. The van der Waals surface area contributed by atoms with Gasteiger partial charge in [-0.05, 0) is 37.1 Å². The third-order valence-electron chi connectivity index (χ3n) is 2.67. The van der Waals surface area contributed by atoms with Crippen molar-refractivity contribution in [1.82, 2.24) is 10.1 Å². The Hall–Kier alpha value is -2.35. The second kappa shape index (κ2) is 4.88. The smallest absolute Gasteiger partial charge is 0.227 e. The third-order valence-corrected chi connectivity index (χ3v) is 2.67. The minimum atomic E-state index is 0.284. The number of benzene rings is 1. The number of hydrogen-bond donors (Lipinski definition) is 1. The average Bonchev–Trinajstić information content (AvgIpc) is 2.81. The normalized spacial score (nSPS) is 10.3. The predicted octanol–water partition coefficient (Wildman–Crippen LogP) is 2.52. The summed E-state index contributed by atoms with van der Waals surface area (Å²) in [6.07, 6.45) is 0.814. The minimum Gasteiger partial charge on any atom is -0.507 e. The van der Waals surface area contributed by atoms with Gasteiger partial charge in [0.15, 0.2) is 0 Å². The Morgan fingerprint density at radius 2 is 2.00 bits per heavy atom. The van der Waals surface area contributed by atoms with Gasteiger partial charge in [-0.3, -0.25) is 0 Å². The van der Waals surface area contributed by atoms with Gasteiger partial charge in [0, 0.05) is 18.4 Å². The molecule has 0 radical (unpaired) electrons. The summed E-state index contributed by atoms with van der Waals surface area (Å²) in [4.78, 5) is 4.22. The molecule has 2 rings (SSSR count). The van der Waals surface area contributed by atoms with Gasteiger partial charge in [0.05, 0.1) is 6.07 Å². The quantitative estimate of drug-likeness (QED) is 0.895. The Morgan fingerprint density at radius 1 is 1.33 bits per heavy atom. The fraction of sp³-hybridized carbons (Fsp3) is 0.308. The van der Waals surface area contributed by atoms with Crippen molar-refractivity contribution in [2.24, 2.45) is 0 Å². The Bertz CT molecular complexity index is 588. The molecule has 0 aliphatic carbocycles. The second-order valence-corrected chi connectivity index (χ2v) is 4.13. The molecule has 1 aromatic carbocycles. The van der Waals surface area contributed by atoms with Gasteiger partial charge in [0.25, 0.3) is 0 Å². The molecule has 0 aliphatic heterocycles. The summed E-state index contributed by atoms with van der Waals surface area (Å²) < 4.78 is 5.06. The van der Waals surface area contributed by atoms with Crippen molar-refractivity contribution >= 4 is 0 Å². The molecule has 5 nitrogen and oxygen atoms in total. The maximum atomic E-state index is 9.70. The van der Waals surface area contributed by atoms with Gasteiger partial charge >= 0.3 is 0 Å². The lowest BCUT2D eigenvalue weighted by molar-refractivity contribution is 0.380. The molecule has 0 saturated heterocycles. The molecule has 0 unspecified atom stereocenters. The number of hydrogen-bond acceptors (Lipinski definition) is 5. The lowest BCUT2D eigenvalue weighted by atomic mass is 10.1. The van der Waals surface area contributed by atoms with E-state index in [9.17, 15) is 5.11 Å². The summed E-state index contributed by atoms with van der Waals surface area (Å²) in [6, 6.07) is 5.64.